The van der Waals surface area contributed by atoms with Crippen molar-refractivity contribution in [2.45, 2.75) is 51.1 Å². The average molecular weight is 605 g/mol. The third-order valence-corrected chi connectivity index (χ3v) is 9.36. The summed E-state index contributed by atoms with van der Waals surface area (Å²) in [4.78, 5) is 33.6. The topological polar surface area (TPSA) is 107 Å². The molecular formula is C36H40N6O3. The van der Waals surface area contributed by atoms with Gasteiger partial charge in [-0.25, -0.2) is 4.98 Å². The zero-order valence-electron chi connectivity index (χ0n) is 26.0. The van der Waals surface area contributed by atoms with Crippen LogP contribution in [0.3, 0.4) is 0 Å². The smallest absolute Gasteiger partial charge is 0.254 e. The summed E-state index contributed by atoms with van der Waals surface area (Å²) in [5, 5.41) is 4.22. The molecule has 232 valence electrons. The molecule has 9 heteroatoms. The minimum atomic E-state index is -0.0404. The molecule has 0 unspecified atom stereocenters. The molecule has 2 bridgehead atoms. The number of piperidine rings is 1. The van der Waals surface area contributed by atoms with Crippen LogP contribution >= 0.6 is 0 Å². The van der Waals surface area contributed by atoms with E-state index in [9.17, 15) is 9.59 Å². The van der Waals surface area contributed by atoms with Gasteiger partial charge >= 0.3 is 0 Å². The summed E-state index contributed by atoms with van der Waals surface area (Å²) in [6, 6.07) is 20.2. The highest BCUT2D eigenvalue weighted by atomic mass is 16.5. The van der Waals surface area contributed by atoms with Gasteiger partial charge in [-0.2, -0.15) is 0 Å². The zero-order valence-corrected chi connectivity index (χ0v) is 26.0. The number of imidazole rings is 1. The third kappa shape index (κ3) is 5.35. The van der Waals surface area contributed by atoms with Crippen LogP contribution < -0.4 is 15.8 Å². The molecule has 2 aliphatic rings. The molecule has 9 nitrogen and oxygen atoms in total. The second-order valence-electron chi connectivity index (χ2n) is 12.4. The van der Waals surface area contributed by atoms with E-state index in [1.165, 1.54) is 0 Å². The Balaban J connectivity index is 1.36. The molecule has 0 radical (unpaired) electrons. The van der Waals surface area contributed by atoms with Gasteiger partial charge in [-0.3, -0.25) is 9.59 Å². The summed E-state index contributed by atoms with van der Waals surface area (Å²) in [6.45, 7) is 2.78. The first-order valence-electron chi connectivity index (χ1n) is 16.0. The highest BCUT2D eigenvalue weighted by Gasteiger charge is 2.26. The lowest BCUT2D eigenvalue weighted by atomic mass is 9.98. The number of likely N-dealkylation sites (tertiary alicyclic amines) is 1. The first-order valence-corrected chi connectivity index (χ1v) is 16.0. The summed E-state index contributed by atoms with van der Waals surface area (Å²) in [6.07, 6.45) is 5.91. The van der Waals surface area contributed by atoms with Crippen LogP contribution in [-0.4, -0.2) is 63.6 Å². The van der Waals surface area contributed by atoms with E-state index in [0.29, 0.717) is 36.5 Å². The van der Waals surface area contributed by atoms with Crippen molar-refractivity contribution in [2.24, 2.45) is 12.8 Å². The van der Waals surface area contributed by atoms with Crippen LogP contribution in [0.15, 0.2) is 60.7 Å². The fourth-order valence-corrected chi connectivity index (χ4v) is 7.02. The molecule has 2 aliphatic heterocycles. The Morgan fingerprint density at radius 2 is 1.80 bits per heavy atom. The average Bonchev–Trinajstić information content (AvgIpc) is 3.59. The molecule has 0 aliphatic carbocycles. The Hall–Kier alpha value is -4.63. The Morgan fingerprint density at radius 3 is 2.62 bits per heavy atom. The normalized spacial score (nSPS) is 17.7. The lowest BCUT2D eigenvalue weighted by Gasteiger charge is -2.30. The Kier molecular flexibility index (Phi) is 7.79. The molecule has 1 fully saturated rings. The molecule has 0 saturated carbocycles. The number of aromatic nitrogens is 3. The van der Waals surface area contributed by atoms with Gasteiger partial charge in [0.05, 0.1) is 18.3 Å². The van der Waals surface area contributed by atoms with Gasteiger partial charge in [0.25, 0.3) is 11.8 Å². The predicted molar refractivity (Wildman–Crippen MR) is 178 cm³/mol. The Morgan fingerprint density at radius 1 is 0.978 bits per heavy atom. The van der Waals surface area contributed by atoms with Gasteiger partial charge in [0, 0.05) is 61.3 Å². The van der Waals surface area contributed by atoms with Crippen LogP contribution in [0.2, 0.25) is 0 Å². The van der Waals surface area contributed by atoms with Crippen molar-refractivity contribution in [3.05, 3.63) is 71.8 Å². The van der Waals surface area contributed by atoms with Crippen LogP contribution in [0.4, 0.5) is 0 Å². The van der Waals surface area contributed by atoms with Crippen molar-refractivity contribution >= 4 is 33.8 Å². The van der Waals surface area contributed by atoms with Gasteiger partial charge in [-0.1, -0.05) is 43.2 Å². The van der Waals surface area contributed by atoms with E-state index >= 15 is 0 Å². The van der Waals surface area contributed by atoms with E-state index in [1.54, 1.807) is 7.11 Å². The fourth-order valence-electron chi connectivity index (χ4n) is 7.02. The highest BCUT2D eigenvalue weighted by molar-refractivity contribution is 6.02. The number of nitrogens with two attached hydrogens (primary N) is 1. The summed E-state index contributed by atoms with van der Waals surface area (Å²) < 4.78 is 10.3. The minimum absolute atomic E-state index is 0.00526. The number of carbonyl (C=O) groups is 2. The molecule has 2 amide bonds. The van der Waals surface area contributed by atoms with E-state index < -0.39 is 0 Å². The number of nitrogens with zero attached hydrogens (tertiary/aromatic N) is 4. The highest BCUT2D eigenvalue weighted by Crippen LogP contribution is 2.36. The number of benzene rings is 3. The number of hydrogen-bond acceptors (Lipinski definition) is 5. The van der Waals surface area contributed by atoms with Gasteiger partial charge in [0.15, 0.2) is 5.82 Å². The van der Waals surface area contributed by atoms with E-state index in [1.807, 2.05) is 48.3 Å². The van der Waals surface area contributed by atoms with Gasteiger partial charge in [-0.15, -0.1) is 0 Å². The van der Waals surface area contributed by atoms with Crippen molar-refractivity contribution in [1.82, 2.24) is 24.3 Å². The molecule has 4 heterocycles. The molecule has 1 atom stereocenters. The Labute approximate surface area is 263 Å². The van der Waals surface area contributed by atoms with E-state index in [2.05, 4.69) is 38.7 Å². The lowest BCUT2D eigenvalue weighted by molar-refractivity contribution is 0.0708. The van der Waals surface area contributed by atoms with Crippen LogP contribution in [0.5, 0.6) is 5.75 Å². The first-order chi connectivity index (χ1) is 21.9. The monoisotopic (exact) mass is 604 g/mol. The fraction of sp³-hybridized carbons (Fsp3) is 0.361. The van der Waals surface area contributed by atoms with Gasteiger partial charge < -0.3 is 29.8 Å². The SMILES string of the molecule is COc1cc(C(=O)N2CCC[C@@H](N)C2)cc2nc(-c3cc4ccc5cc4n3CCCCCCNC(=O)c3ccccc3-5)n(C)c12. The van der Waals surface area contributed by atoms with E-state index in [-0.39, 0.29) is 17.9 Å². The lowest BCUT2D eigenvalue weighted by Crippen LogP contribution is -2.45. The molecule has 7 rings (SSSR count). The summed E-state index contributed by atoms with van der Waals surface area (Å²) >= 11 is 0. The van der Waals surface area contributed by atoms with Crippen molar-refractivity contribution in [1.29, 1.82) is 0 Å². The van der Waals surface area contributed by atoms with Gasteiger partial charge in [0.2, 0.25) is 0 Å². The Bertz CT molecular complexity index is 1920. The van der Waals surface area contributed by atoms with Crippen LogP contribution in [0.25, 0.3) is 44.6 Å². The van der Waals surface area contributed by atoms with Crippen molar-refractivity contribution < 1.29 is 14.3 Å². The standard InChI is InChI=1S/C36H40N6O3/c1-40-33-29(18-25(21-32(33)45-2)36(44)41-16-9-10-26(37)22-41)39-34(40)31-20-24-14-13-23-19-30(24)42(31)17-8-4-3-7-15-38-35(43)28-12-6-5-11-27(23)28/h5-6,11-14,18-21,26H,3-4,7-10,15-17,22,37H2,1-2H3,(H,38,43)/t26-/m1/s1. The predicted octanol–water partition coefficient (Wildman–Crippen LogP) is 5.74. The largest absolute Gasteiger partial charge is 0.494 e. The quantitative estimate of drug-likeness (QED) is 0.273. The van der Waals surface area contributed by atoms with Crippen LogP contribution in [0, 0.1) is 0 Å². The summed E-state index contributed by atoms with van der Waals surface area (Å²) in [5.74, 6) is 1.36. The summed E-state index contributed by atoms with van der Waals surface area (Å²) in [7, 11) is 3.64. The third-order valence-electron chi connectivity index (χ3n) is 9.36. The van der Waals surface area contributed by atoms with Gasteiger partial charge in [-0.05, 0) is 67.1 Å². The molecule has 3 N–H and O–H groups in total. The maximum absolute atomic E-state index is 13.5. The molecule has 5 aromatic rings. The number of carbonyl (C=O) groups excluding carboxylic acids is 2. The number of amides is 2. The zero-order chi connectivity index (χ0) is 31.1. The number of nitrogens with one attached hydrogen (secondary N) is 1. The second-order valence-corrected chi connectivity index (χ2v) is 12.4. The summed E-state index contributed by atoms with van der Waals surface area (Å²) in [5.41, 5.74) is 13.0. The number of fused-ring (bicyclic) bond motifs is 4. The second kappa shape index (κ2) is 12.0. The maximum Gasteiger partial charge on any atom is 0.254 e. The van der Waals surface area contributed by atoms with Gasteiger partial charge in [0.1, 0.15) is 11.3 Å². The molecule has 1 saturated heterocycles. The van der Waals surface area contributed by atoms with E-state index in [0.717, 1.165) is 89.7 Å². The maximum atomic E-state index is 13.5. The molecular weight excluding hydrogens is 564 g/mol. The van der Waals surface area contributed by atoms with Crippen molar-refractivity contribution in [3.8, 4) is 28.4 Å². The molecule has 0 spiro atoms. The van der Waals surface area contributed by atoms with Crippen molar-refractivity contribution in [2.75, 3.05) is 26.7 Å². The molecule has 3 aromatic carbocycles. The number of methoxy groups -OCH3 is 1. The number of rotatable bonds is 3. The number of ether oxygens (including phenoxy) is 1. The van der Waals surface area contributed by atoms with Crippen LogP contribution in [0.1, 0.15) is 59.2 Å². The van der Waals surface area contributed by atoms with Crippen molar-refractivity contribution in [3.63, 3.8) is 0 Å². The van der Waals surface area contributed by atoms with E-state index in [4.69, 9.17) is 15.5 Å². The number of aryl methyl sites for hydroxylation is 2. The number of hydrogen-bond donors (Lipinski definition) is 2. The minimum Gasteiger partial charge on any atom is -0.494 e. The first kappa shape index (κ1) is 29.1. The van der Waals surface area contributed by atoms with Crippen LogP contribution in [-0.2, 0) is 13.6 Å². The molecule has 45 heavy (non-hydrogen) atoms. The molecule has 2 aromatic heterocycles.